The molecule has 0 heterocycles. The monoisotopic (exact) mass is 228 g/mol. The van der Waals surface area contributed by atoms with Crippen LogP contribution in [-0.2, 0) is 10.8 Å². The molecule has 1 saturated carbocycles. The fraction of sp³-hybridized carbons (Fsp3) is 0.647. The van der Waals surface area contributed by atoms with Crippen molar-refractivity contribution >= 4 is 0 Å². The summed E-state index contributed by atoms with van der Waals surface area (Å²) in [6.45, 7) is 14.7. The Morgan fingerprint density at radius 2 is 1.76 bits per heavy atom. The van der Waals surface area contributed by atoms with E-state index >= 15 is 0 Å². The maximum Gasteiger partial charge on any atom is -0.000979 e. The van der Waals surface area contributed by atoms with Crippen molar-refractivity contribution in [3.8, 4) is 0 Å². The Hall–Kier alpha value is -0.780. The zero-order valence-electron chi connectivity index (χ0n) is 12.0. The first-order valence-electron chi connectivity index (χ1n) is 6.86. The summed E-state index contributed by atoms with van der Waals surface area (Å²) in [5, 5.41) is 0. The van der Waals surface area contributed by atoms with Gasteiger partial charge in [-0.05, 0) is 52.2 Å². The Labute approximate surface area is 105 Å². The minimum Gasteiger partial charge on any atom is -0.0617 e. The van der Waals surface area contributed by atoms with E-state index in [1.54, 1.807) is 11.1 Å². The third-order valence-corrected chi connectivity index (χ3v) is 6.62. The van der Waals surface area contributed by atoms with Crippen LogP contribution in [0.1, 0.15) is 57.7 Å². The summed E-state index contributed by atoms with van der Waals surface area (Å²) in [6, 6.07) is 6.90. The van der Waals surface area contributed by atoms with E-state index < -0.39 is 0 Å². The number of benzene rings is 1. The molecule has 0 aromatic heterocycles. The molecule has 0 saturated heterocycles. The number of fused-ring (bicyclic) bond motifs is 5. The zero-order chi connectivity index (χ0) is 12.6. The standard InChI is InChI=1S/C17H24/c1-11-8-7-9-13-14(11)16(5)10-17(13,6)15(3,4)12(16)2/h7-9,12H,10H2,1-6H3. The molecule has 0 radical (unpaired) electrons. The van der Waals surface area contributed by atoms with Crippen molar-refractivity contribution in [3.63, 3.8) is 0 Å². The van der Waals surface area contributed by atoms with Crippen LogP contribution in [0.15, 0.2) is 18.2 Å². The summed E-state index contributed by atoms with van der Waals surface area (Å²) in [7, 11) is 0. The van der Waals surface area contributed by atoms with Gasteiger partial charge < -0.3 is 0 Å². The normalized spacial score (nSPS) is 41.6. The van der Waals surface area contributed by atoms with Crippen LogP contribution in [0.2, 0.25) is 0 Å². The maximum absolute atomic E-state index is 2.49. The van der Waals surface area contributed by atoms with Gasteiger partial charge in [0, 0.05) is 0 Å². The Morgan fingerprint density at radius 3 is 2.41 bits per heavy atom. The van der Waals surface area contributed by atoms with Gasteiger partial charge >= 0.3 is 0 Å². The Kier molecular flexibility index (Phi) is 1.86. The minimum atomic E-state index is 0.364. The molecule has 2 aliphatic rings. The van der Waals surface area contributed by atoms with Crippen LogP contribution in [0.3, 0.4) is 0 Å². The van der Waals surface area contributed by atoms with E-state index in [1.807, 2.05) is 0 Å². The molecule has 92 valence electrons. The van der Waals surface area contributed by atoms with E-state index in [-0.39, 0.29) is 0 Å². The summed E-state index contributed by atoms with van der Waals surface area (Å²) in [6.07, 6.45) is 1.33. The molecule has 2 aliphatic carbocycles. The van der Waals surface area contributed by atoms with Crippen molar-refractivity contribution in [1.82, 2.24) is 0 Å². The van der Waals surface area contributed by atoms with Crippen molar-refractivity contribution in [3.05, 3.63) is 34.9 Å². The van der Waals surface area contributed by atoms with E-state index in [9.17, 15) is 0 Å². The van der Waals surface area contributed by atoms with Gasteiger partial charge in [0.15, 0.2) is 0 Å². The molecular formula is C17H24. The van der Waals surface area contributed by atoms with Gasteiger partial charge in [-0.25, -0.2) is 0 Å². The second kappa shape index (κ2) is 2.79. The molecule has 0 nitrogen and oxygen atoms in total. The van der Waals surface area contributed by atoms with Crippen LogP contribution in [0.4, 0.5) is 0 Å². The maximum atomic E-state index is 2.49. The van der Waals surface area contributed by atoms with Crippen LogP contribution in [-0.4, -0.2) is 0 Å². The molecule has 3 unspecified atom stereocenters. The van der Waals surface area contributed by atoms with Gasteiger partial charge in [0.25, 0.3) is 0 Å². The first-order valence-corrected chi connectivity index (χ1v) is 6.86. The number of aryl methyl sites for hydroxylation is 1. The van der Waals surface area contributed by atoms with Crippen LogP contribution in [0, 0.1) is 18.3 Å². The molecule has 2 bridgehead atoms. The molecule has 3 atom stereocenters. The molecule has 1 aromatic rings. The summed E-state index contributed by atoms with van der Waals surface area (Å²) in [5.41, 5.74) is 5.94. The number of hydrogen-bond donors (Lipinski definition) is 0. The molecule has 1 fully saturated rings. The van der Waals surface area contributed by atoms with Crippen LogP contribution >= 0.6 is 0 Å². The highest BCUT2D eigenvalue weighted by atomic mass is 14.7. The third-order valence-electron chi connectivity index (χ3n) is 6.62. The van der Waals surface area contributed by atoms with Gasteiger partial charge in [0.2, 0.25) is 0 Å². The van der Waals surface area contributed by atoms with Crippen LogP contribution in [0.5, 0.6) is 0 Å². The average molecular weight is 228 g/mol. The zero-order valence-corrected chi connectivity index (χ0v) is 12.0. The van der Waals surface area contributed by atoms with Gasteiger partial charge in [-0.15, -0.1) is 0 Å². The highest BCUT2D eigenvalue weighted by molar-refractivity contribution is 5.55. The molecule has 17 heavy (non-hydrogen) atoms. The molecule has 0 amide bonds. The molecule has 0 aliphatic heterocycles. The Bertz CT molecular complexity index is 497. The van der Waals surface area contributed by atoms with E-state index in [0.29, 0.717) is 16.2 Å². The lowest BCUT2D eigenvalue weighted by molar-refractivity contribution is 0.140. The molecule has 0 N–H and O–H groups in total. The minimum absolute atomic E-state index is 0.364. The van der Waals surface area contributed by atoms with Crippen molar-refractivity contribution in [2.75, 3.05) is 0 Å². The fourth-order valence-electron chi connectivity index (χ4n) is 5.02. The summed E-state index contributed by atoms with van der Waals surface area (Å²) in [5.74, 6) is 0.758. The molecular weight excluding hydrogens is 204 g/mol. The quantitative estimate of drug-likeness (QED) is 0.609. The van der Waals surface area contributed by atoms with E-state index in [2.05, 4.69) is 59.7 Å². The second-order valence-corrected chi connectivity index (χ2v) is 7.37. The van der Waals surface area contributed by atoms with Crippen molar-refractivity contribution < 1.29 is 0 Å². The smallest absolute Gasteiger partial charge is 0.000979 e. The lowest BCUT2D eigenvalue weighted by atomic mass is 9.57. The number of hydrogen-bond acceptors (Lipinski definition) is 0. The SMILES string of the molecule is Cc1cccc2c1C1(C)CC2(C)C(C)(C)C1C. The predicted octanol–water partition coefficient (Wildman–Crippen LogP) is 4.59. The fourth-order valence-corrected chi connectivity index (χ4v) is 5.02. The van der Waals surface area contributed by atoms with Crippen LogP contribution < -0.4 is 0 Å². The van der Waals surface area contributed by atoms with Crippen LogP contribution in [0.25, 0.3) is 0 Å². The first kappa shape index (κ1) is 11.3. The van der Waals surface area contributed by atoms with Crippen molar-refractivity contribution in [2.24, 2.45) is 11.3 Å². The molecule has 0 heteroatoms. The van der Waals surface area contributed by atoms with Gasteiger partial charge in [0.05, 0.1) is 0 Å². The summed E-state index contributed by atoms with van der Waals surface area (Å²) < 4.78 is 0. The van der Waals surface area contributed by atoms with E-state index in [0.717, 1.165) is 5.92 Å². The lowest BCUT2D eigenvalue weighted by Crippen LogP contribution is -2.42. The van der Waals surface area contributed by atoms with E-state index in [1.165, 1.54) is 12.0 Å². The Morgan fingerprint density at radius 1 is 1.12 bits per heavy atom. The third kappa shape index (κ3) is 0.975. The van der Waals surface area contributed by atoms with E-state index in [4.69, 9.17) is 0 Å². The summed E-state index contributed by atoms with van der Waals surface area (Å²) in [4.78, 5) is 0. The van der Waals surface area contributed by atoms with Gasteiger partial charge in [0.1, 0.15) is 0 Å². The highest BCUT2D eigenvalue weighted by Gasteiger charge is 2.66. The molecule has 3 rings (SSSR count). The Balaban J connectivity index is 2.38. The lowest BCUT2D eigenvalue weighted by Gasteiger charge is -2.47. The molecule has 1 aromatic carbocycles. The predicted molar refractivity (Wildman–Crippen MR) is 73.4 cm³/mol. The topological polar surface area (TPSA) is 0 Å². The summed E-state index contributed by atoms with van der Waals surface area (Å²) >= 11 is 0. The second-order valence-electron chi connectivity index (χ2n) is 7.37. The number of rotatable bonds is 0. The van der Waals surface area contributed by atoms with Crippen molar-refractivity contribution in [2.45, 2.75) is 58.8 Å². The van der Waals surface area contributed by atoms with Gasteiger partial charge in [-0.2, -0.15) is 0 Å². The first-order chi connectivity index (χ1) is 7.75. The average Bonchev–Trinajstić information content (AvgIpc) is 2.56. The van der Waals surface area contributed by atoms with Gasteiger partial charge in [-0.1, -0.05) is 52.8 Å². The highest BCUT2D eigenvalue weighted by Crippen LogP contribution is 2.71. The van der Waals surface area contributed by atoms with Crippen molar-refractivity contribution in [1.29, 1.82) is 0 Å². The molecule has 0 spiro atoms. The van der Waals surface area contributed by atoms with Gasteiger partial charge in [-0.3, -0.25) is 0 Å². The largest absolute Gasteiger partial charge is 0.0617 e.